The molecule has 2 aromatic rings. The van der Waals surface area contributed by atoms with Gasteiger partial charge in [-0.25, -0.2) is 4.98 Å². The van der Waals surface area contributed by atoms with Crippen molar-refractivity contribution in [3.05, 3.63) is 51.0 Å². The highest BCUT2D eigenvalue weighted by atomic mass is 32.1. The molecule has 2 rings (SSSR count). The standard InChI is InChI=1S/C13H12N4O4S/c1-8-6-15-13(22-8)16-11(18)7-14-12(19)9-3-2-4-10(5-9)17(20)21/h2-6H,7H2,1H3,(H,14,19)(H,15,16,18). The third-order valence-corrected chi connectivity index (χ3v) is 3.42. The van der Waals surface area contributed by atoms with Crippen molar-refractivity contribution in [1.29, 1.82) is 0 Å². The van der Waals surface area contributed by atoms with Gasteiger partial charge in [0.15, 0.2) is 5.13 Å². The number of nitrogens with zero attached hydrogens (tertiary/aromatic N) is 2. The number of nitrogens with one attached hydrogen (secondary N) is 2. The summed E-state index contributed by atoms with van der Waals surface area (Å²) in [4.78, 5) is 38.5. The number of aromatic nitrogens is 1. The van der Waals surface area contributed by atoms with E-state index in [-0.39, 0.29) is 17.8 Å². The number of non-ortho nitro benzene ring substituents is 1. The van der Waals surface area contributed by atoms with E-state index in [9.17, 15) is 19.7 Å². The first kappa shape index (κ1) is 15.6. The van der Waals surface area contributed by atoms with Crippen molar-refractivity contribution in [1.82, 2.24) is 10.3 Å². The molecule has 22 heavy (non-hydrogen) atoms. The van der Waals surface area contributed by atoms with Crippen molar-refractivity contribution >= 4 is 34.0 Å². The third-order valence-electron chi connectivity index (χ3n) is 2.60. The minimum absolute atomic E-state index is 0.118. The number of hydrogen-bond acceptors (Lipinski definition) is 6. The third kappa shape index (κ3) is 4.09. The number of anilines is 1. The fraction of sp³-hybridized carbons (Fsp3) is 0.154. The Balaban J connectivity index is 1.90. The molecule has 2 amide bonds. The Morgan fingerprint density at radius 2 is 2.18 bits per heavy atom. The first-order chi connectivity index (χ1) is 10.5. The Kier molecular flexibility index (Phi) is 4.79. The SMILES string of the molecule is Cc1cnc(NC(=O)CNC(=O)c2cccc([N+](=O)[O-])c2)s1. The topological polar surface area (TPSA) is 114 Å². The molecular formula is C13H12N4O4S. The largest absolute Gasteiger partial charge is 0.343 e. The van der Waals surface area contributed by atoms with Crippen LogP contribution >= 0.6 is 11.3 Å². The van der Waals surface area contributed by atoms with E-state index in [1.54, 1.807) is 6.20 Å². The van der Waals surface area contributed by atoms with Crippen molar-refractivity contribution in [2.24, 2.45) is 0 Å². The zero-order valence-corrected chi connectivity index (χ0v) is 12.3. The molecular weight excluding hydrogens is 308 g/mol. The lowest BCUT2D eigenvalue weighted by Crippen LogP contribution is -2.32. The number of rotatable bonds is 5. The van der Waals surface area contributed by atoms with E-state index in [4.69, 9.17) is 0 Å². The summed E-state index contributed by atoms with van der Waals surface area (Å²) in [5.41, 5.74) is -0.0672. The number of carbonyl (C=O) groups excluding carboxylic acids is 2. The van der Waals surface area contributed by atoms with Gasteiger partial charge in [-0.15, -0.1) is 11.3 Å². The molecule has 114 valence electrons. The molecule has 0 bridgehead atoms. The number of hydrogen-bond donors (Lipinski definition) is 2. The molecule has 0 aliphatic heterocycles. The van der Waals surface area contributed by atoms with Gasteiger partial charge in [-0.3, -0.25) is 19.7 Å². The van der Waals surface area contributed by atoms with Crippen LogP contribution in [-0.2, 0) is 4.79 Å². The first-order valence-corrected chi connectivity index (χ1v) is 7.02. The quantitative estimate of drug-likeness (QED) is 0.643. The molecule has 0 saturated carbocycles. The Labute approximate surface area is 129 Å². The number of carbonyl (C=O) groups is 2. The van der Waals surface area contributed by atoms with Crippen molar-refractivity contribution < 1.29 is 14.5 Å². The number of nitro benzene ring substituents is 1. The number of aryl methyl sites for hydroxylation is 1. The summed E-state index contributed by atoms with van der Waals surface area (Å²) in [6.45, 7) is 1.61. The monoisotopic (exact) mass is 320 g/mol. The van der Waals surface area contributed by atoms with Crippen LogP contribution in [0.3, 0.4) is 0 Å². The molecule has 0 aliphatic rings. The van der Waals surface area contributed by atoms with Gasteiger partial charge in [-0.1, -0.05) is 6.07 Å². The molecule has 9 heteroatoms. The maximum Gasteiger partial charge on any atom is 0.270 e. The molecule has 0 atom stereocenters. The Morgan fingerprint density at radius 1 is 1.41 bits per heavy atom. The summed E-state index contributed by atoms with van der Waals surface area (Å²) >= 11 is 1.32. The van der Waals surface area contributed by atoms with Crippen molar-refractivity contribution in [2.45, 2.75) is 6.92 Å². The highest BCUT2D eigenvalue weighted by Crippen LogP contribution is 2.16. The van der Waals surface area contributed by atoms with Gasteiger partial charge in [-0.05, 0) is 13.0 Å². The van der Waals surface area contributed by atoms with Gasteiger partial charge in [0.2, 0.25) is 5.91 Å². The Hall–Kier alpha value is -2.81. The van der Waals surface area contributed by atoms with Gasteiger partial charge < -0.3 is 10.6 Å². The maximum absolute atomic E-state index is 11.9. The predicted octanol–water partition coefficient (Wildman–Crippen LogP) is 1.73. The lowest BCUT2D eigenvalue weighted by Gasteiger charge is -2.05. The second-order valence-corrected chi connectivity index (χ2v) is 5.55. The van der Waals surface area contributed by atoms with Crippen LogP contribution in [0.2, 0.25) is 0 Å². The minimum Gasteiger partial charge on any atom is -0.343 e. The van der Waals surface area contributed by atoms with E-state index in [0.29, 0.717) is 5.13 Å². The van der Waals surface area contributed by atoms with E-state index in [1.165, 1.54) is 29.5 Å². The Morgan fingerprint density at radius 3 is 2.82 bits per heavy atom. The lowest BCUT2D eigenvalue weighted by atomic mass is 10.2. The zero-order chi connectivity index (χ0) is 16.1. The molecule has 0 radical (unpaired) electrons. The number of nitro groups is 1. The maximum atomic E-state index is 11.9. The average Bonchev–Trinajstić information content (AvgIpc) is 2.90. The number of benzene rings is 1. The predicted molar refractivity (Wildman–Crippen MR) is 80.9 cm³/mol. The minimum atomic E-state index is -0.589. The fourth-order valence-corrected chi connectivity index (χ4v) is 2.28. The lowest BCUT2D eigenvalue weighted by molar-refractivity contribution is -0.384. The molecule has 1 aromatic carbocycles. The van der Waals surface area contributed by atoms with E-state index in [0.717, 1.165) is 10.9 Å². The summed E-state index contributed by atoms with van der Waals surface area (Å²) in [6, 6.07) is 5.28. The average molecular weight is 320 g/mol. The van der Waals surface area contributed by atoms with E-state index in [1.807, 2.05) is 6.92 Å². The van der Waals surface area contributed by atoms with Crippen LogP contribution in [0.1, 0.15) is 15.2 Å². The summed E-state index contributed by atoms with van der Waals surface area (Å²) in [7, 11) is 0. The van der Waals surface area contributed by atoms with Gasteiger partial charge in [0.1, 0.15) is 0 Å². The smallest absolute Gasteiger partial charge is 0.270 e. The summed E-state index contributed by atoms with van der Waals surface area (Å²) < 4.78 is 0. The van der Waals surface area contributed by atoms with E-state index in [2.05, 4.69) is 15.6 Å². The molecule has 0 unspecified atom stereocenters. The van der Waals surface area contributed by atoms with Crippen LogP contribution in [-0.4, -0.2) is 28.3 Å². The molecule has 2 N–H and O–H groups in total. The zero-order valence-electron chi connectivity index (χ0n) is 11.5. The van der Waals surface area contributed by atoms with E-state index < -0.39 is 16.7 Å². The van der Waals surface area contributed by atoms with Gasteiger partial charge in [0.05, 0.1) is 11.5 Å². The van der Waals surface area contributed by atoms with Crippen molar-refractivity contribution in [3.8, 4) is 0 Å². The van der Waals surface area contributed by atoms with Gasteiger partial charge in [-0.2, -0.15) is 0 Å². The fourth-order valence-electron chi connectivity index (χ4n) is 1.60. The van der Waals surface area contributed by atoms with Crippen LogP contribution in [0.15, 0.2) is 30.5 Å². The molecule has 0 spiro atoms. The molecule has 0 saturated heterocycles. The van der Waals surface area contributed by atoms with Crippen LogP contribution in [0.4, 0.5) is 10.8 Å². The highest BCUT2D eigenvalue weighted by Gasteiger charge is 2.13. The number of amides is 2. The van der Waals surface area contributed by atoms with Crippen molar-refractivity contribution in [3.63, 3.8) is 0 Å². The van der Waals surface area contributed by atoms with Gasteiger partial charge in [0, 0.05) is 28.8 Å². The van der Waals surface area contributed by atoms with Crippen molar-refractivity contribution in [2.75, 3.05) is 11.9 Å². The molecule has 0 aliphatic carbocycles. The summed E-state index contributed by atoms with van der Waals surface area (Å²) in [6.07, 6.45) is 1.63. The van der Waals surface area contributed by atoms with Gasteiger partial charge >= 0.3 is 0 Å². The molecule has 0 fully saturated rings. The summed E-state index contributed by atoms with van der Waals surface area (Å²) in [5.74, 6) is -0.984. The van der Waals surface area contributed by atoms with Gasteiger partial charge in [0.25, 0.3) is 11.6 Å². The second-order valence-electron chi connectivity index (χ2n) is 4.31. The number of thiazole rings is 1. The Bertz CT molecular complexity index is 728. The molecule has 1 aromatic heterocycles. The molecule has 1 heterocycles. The van der Waals surface area contributed by atoms with Crippen LogP contribution in [0.5, 0.6) is 0 Å². The van der Waals surface area contributed by atoms with E-state index >= 15 is 0 Å². The summed E-state index contributed by atoms with van der Waals surface area (Å²) in [5, 5.41) is 16.0. The second kappa shape index (κ2) is 6.76. The highest BCUT2D eigenvalue weighted by molar-refractivity contribution is 7.15. The first-order valence-electron chi connectivity index (χ1n) is 6.20. The van der Waals surface area contributed by atoms with Crippen LogP contribution in [0, 0.1) is 17.0 Å². The molecule has 8 nitrogen and oxygen atoms in total. The normalized spacial score (nSPS) is 10.0. The van der Waals surface area contributed by atoms with Crippen LogP contribution < -0.4 is 10.6 Å². The van der Waals surface area contributed by atoms with Crippen LogP contribution in [0.25, 0.3) is 0 Å².